The molecule has 0 saturated heterocycles. The highest BCUT2D eigenvalue weighted by Crippen LogP contribution is 2.28. The summed E-state index contributed by atoms with van der Waals surface area (Å²) in [6.45, 7) is 6.82. The highest BCUT2D eigenvalue weighted by Gasteiger charge is 2.23. The third-order valence-corrected chi connectivity index (χ3v) is 6.19. The number of halogens is 1. The minimum absolute atomic E-state index is 0.121. The van der Waals surface area contributed by atoms with E-state index < -0.39 is 15.9 Å². The van der Waals surface area contributed by atoms with Crippen LogP contribution in [0.3, 0.4) is 0 Å². The van der Waals surface area contributed by atoms with Crippen LogP contribution in [-0.4, -0.2) is 43.2 Å². The molecule has 0 atom stereocenters. The van der Waals surface area contributed by atoms with Crippen molar-refractivity contribution in [2.24, 2.45) is 0 Å². The lowest BCUT2D eigenvalue weighted by molar-refractivity contribution is 0.102. The molecule has 0 unspecified atom stereocenters. The summed E-state index contributed by atoms with van der Waals surface area (Å²) in [5, 5.41) is 6.08. The number of carbonyl (C=O) groups is 1. The maximum Gasteiger partial charge on any atom is 0.255 e. The van der Waals surface area contributed by atoms with Crippen LogP contribution >= 0.6 is 11.6 Å². The first kappa shape index (κ1) is 21.1. The van der Waals surface area contributed by atoms with Gasteiger partial charge < -0.3 is 10.6 Å². The molecule has 0 radical (unpaired) electrons. The Morgan fingerprint density at radius 3 is 2.41 bits per heavy atom. The largest absolute Gasteiger partial charge is 0.384 e. The maximum atomic E-state index is 12.8. The number of hydrogen-bond acceptors (Lipinski definition) is 5. The van der Waals surface area contributed by atoms with E-state index in [9.17, 15) is 13.2 Å². The SMILES string of the molecule is CCNc1ccc(S(=O)(=O)N(CC)CC)cc1NC(=O)c1ccnc(Cl)c1. The highest BCUT2D eigenvalue weighted by molar-refractivity contribution is 7.89. The highest BCUT2D eigenvalue weighted by atomic mass is 35.5. The Labute approximate surface area is 164 Å². The molecule has 1 aromatic carbocycles. The lowest BCUT2D eigenvalue weighted by atomic mass is 10.2. The van der Waals surface area contributed by atoms with E-state index in [0.717, 1.165) is 0 Å². The Kier molecular flexibility index (Phi) is 7.18. The molecule has 1 amide bonds. The minimum atomic E-state index is -3.64. The zero-order valence-corrected chi connectivity index (χ0v) is 17.1. The zero-order valence-electron chi connectivity index (χ0n) is 15.5. The number of carbonyl (C=O) groups excluding carboxylic acids is 1. The topological polar surface area (TPSA) is 91.4 Å². The average Bonchev–Trinajstić information content (AvgIpc) is 2.64. The normalized spacial score (nSPS) is 11.4. The Bertz CT molecular complexity index is 915. The first-order valence-corrected chi connectivity index (χ1v) is 10.5. The van der Waals surface area contributed by atoms with Crippen LogP contribution in [0.5, 0.6) is 0 Å². The van der Waals surface area contributed by atoms with Gasteiger partial charge in [-0.05, 0) is 37.3 Å². The summed E-state index contributed by atoms with van der Waals surface area (Å²) in [7, 11) is -3.64. The van der Waals surface area contributed by atoms with Gasteiger partial charge in [0.25, 0.3) is 5.91 Å². The number of pyridine rings is 1. The fourth-order valence-corrected chi connectivity index (χ4v) is 4.24. The molecule has 2 rings (SSSR count). The molecule has 1 aromatic heterocycles. The molecule has 0 aliphatic carbocycles. The lowest BCUT2D eigenvalue weighted by Crippen LogP contribution is -2.30. The average molecular weight is 411 g/mol. The third-order valence-electron chi connectivity index (χ3n) is 3.94. The molecular formula is C18H23ClN4O3S. The molecule has 0 bridgehead atoms. The van der Waals surface area contributed by atoms with Gasteiger partial charge >= 0.3 is 0 Å². The van der Waals surface area contributed by atoms with Gasteiger partial charge in [0, 0.05) is 31.4 Å². The molecule has 0 aliphatic rings. The van der Waals surface area contributed by atoms with Crippen LogP contribution in [-0.2, 0) is 10.0 Å². The number of nitrogens with zero attached hydrogens (tertiary/aromatic N) is 2. The van der Waals surface area contributed by atoms with Crippen molar-refractivity contribution in [3.8, 4) is 0 Å². The van der Waals surface area contributed by atoms with Gasteiger partial charge in [0.2, 0.25) is 10.0 Å². The molecule has 27 heavy (non-hydrogen) atoms. The van der Waals surface area contributed by atoms with Gasteiger partial charge in [0.05, 0.1) is 16.3 Å². The monoisotopic (exact) mass is 410 g/mol. The molecule has 0 fully saturated rings. The van der Waals surface area contributed by atoms with E-state index in [-0.39, 0.29) is 10.0 Å². The van der Waals surface area contributed by atoms with E-state index in [1.807, 2.05) is 6.92 Å². The summed E-state index contributed by atoms with van der Waals surface area (Å²) in [5.74, 6) is -0.407. The molecule has 146 valence electrons. The number of sulfonamides is 1. The second-order valence-corrected chi connectivity index (χ2v) is 7.97. The molecule has 9 heteroatoms. The van der Waals surface area contributed by atoms with E-state index in [2.05, 4.69) is 15.6 Å². The Morgan fingerprint density at radius 2 is 1.81 bits per heavy atom. The summed E-state index contributed by atoms with van der Waals surface area (Å²) in [6, 6.07) is 7.62. The number of hydrogen-bond donors (Lipinski definition) is 2. The fourth-order valence-electron chi connectivity index (χ4n) is 2.58. The van der Waals surface area contributed by atoms with Crippen LogP contribution in [0.1, 0.15) is 31.1 Å². The van der Waals surface area contributed by atoms with Gasteiger partial charge in [-0.1, -0.05) is 25.4 Å². The lowest BCUT2D eigenvalue weighted by Gasteiger charge is -2.20. The molecule has 1 heterocycles. The van der Waals surface area contributed by atoms with Gasteiger partial charge in [-0.3, -0.25) is 4.79 Å². The zero-order chi connectivity index (χ0) is 20.0. The van der Waals surface area contributed by atoms with Gasteiger partial charge in [-0.25, -0.2) is 13.4 Å². The summed E-state index contributed by atoms with van der Waals surface area (Å²) >= 11 is 5.84. The quantitative estimate of drug-likeness (QED) is 0.650. The maximum absolute atomic E-state index is 12.8. The second-order valence-electron chi connectivity index (χ2n) is 5.65. The Morgan fingerprint density at radius 1 is 1.11 bits per heavy atom. The molecular weight excluding hydrogens is 388 g/mol. The van der Waals surface area contributed by atoms with Gasteiger partial charge in [0.15, 0.2) is 0 Å². The number of rotatable bonds is 8. The Balaban J connectivity index is 2.42. The number of nitrogens with one attached hydrogen (secondary N) is 2. The first-order chi connectivity index (χ1) is 12.8. The van der Waals surface area contributed by atoms with E-state index in [4.69, 9.17) is 11.6 Å². The molecule has 2 aromatic rings. The van der Waals surface area contributed by atoms with Crippen molar-refractivity contribution in [3.05, 3.63) is 47.2 Å². The summed E-state index contributed by atoms with van der Waals surface area (Å²) in [5.41, 5.74) is 1.34. The minimum Gasteiger partial charge on any atom is -0.384 e. The van der Waals surface area contributed by atoms with Crippen LogP contribution in [0, 0.1) is 0 Å². The molecule has 0 aliphatic heterocycles. The van der Waals surface area contributed by atoms with Crippen LogP contribution in [0.15, 0.2) is 41.4 Å². The van der Waals surface area contributed by atoms with Crippen LogP contribution in [0.4, 0.5) is 11.4 Å². The first-order valence-electron chi connectivity index (χ1n) is 8.64. The van der Waals surface area contributed by atoms with E-state index in [0.29, 0.717) is 36.6 Å². The summed E-state index contributed by atoms with van der Waals surface area (Å²) < 4.78 is 26.9. The number of anilines is 2. The molecule has 0 spiro atoms. The van der Waals surface area contributed by atoms with Crippen LogP contribution < -0.4 is 10.6 Å². The molecule has 0 saturated carbocycles. The van der Waals surface area contributed by atoms with Crippen LogP contribution in [0.25, 0.3) is 0 Å². The van der Waals surface area contributed by atoms with Crippen molar-refractivity contribution in [1.82, 2.24) is 9.29 Å². The third kappa shape index (κ3) is 4.97. The number of aromatic nitrogens is 1. The predicted molar refractivity (Wildman–Crippen MR) is 108 cm³/mol. The molecule has 7 nitrogen and oxygen atoms in total. The summed E-state index contributed by atoms with van der Waals surface area (Å²) in [6.07, 6.45) is 1.43. The number of benzene rings is 1. The van der Waals surface area contributed by atoms with Crippen molar-refractivity contribution in [1.29, 1.82) is 0 Å². The van der Waals surface area contributed by atoms with Gasteiger partial charge in [0.1, 0.15) is 5.15 Å². The van der Waals surface area contributed by atoms with E-state index >= 15 is 0 Å². The number of amides is 1. The smallest absolute Gasteiger partial charge is 0.255 e. The van der Waals surface area contributed by atoms with Crippen LogP contribution in [0.2, 0.25) is 5.15 Å². The van der Waals surface area contributed by atoms with Crippen molar-refractivity contribution >= 4 is 38.9 Å². The van der Waals surface area contributed by atoms with Crippen molar-refractivity contribution in [2.75, 3.05) is 30.3 Å². The summed E-state index contributed by atoms with van der Waals surface area (Å²) in [4.78, 5) is 16.5. The van der Waals surface area contributed by atoms with Gasteiger partial charge in [-0.15, -0.1) is 0 Å². The van der Waals surface area contributed by atoms with Crippen molar-refractivity contribution in [3.63, 3.8) is 0 Å². The Hall–Kier alpha value is -2.16. The molecule has 2 N–H and O–H groups in total. The second kappa shape index (κ2) is 9.16. The predicted octanol–water partition coefficient (Wildman–Crippen LogP) is 3.45. The fraction of sp³-hybridized carbons (Fsp3) is 0.333. The standard InChI is InChI=1S/C18H23ClN4O3S/c1-4-20-15-8-7-14(27(25,26)23(5-2)6-3)12-16(15)22-18(24)13-9-10-21-17(19)11-13/h7-12,20H,4-6H2,1-3H3,(H,22,24). The van der Waals surface area contributed by atoms with Gasteiger partial charge in [-0.2, -0.15) is 4.31 Å². The van der Waals surface area contributed by atoms with E-state index in [1.54, 1.807) is 19.9 Å². The van der Waals surface area contributed by atoms with E-state index in [1.165, 1.54) is 34.8 Å². The van der Waals surface area contributed by atoms with Crippen molar-refractivity contribution in [2.45, 2.75) is 25.7 Å². The van der Waals surface area contributed by atoms with Crippen molar-refractivity contribution < 1.29 is 13.2 Å².